The van der Waals surface area contributed by atoms with Crippen molar-refractivity contribution in [2.75, 3.05) is 12.9 Å². The summed E-state index contributed by atoms with van der Waals surface area (Å²) >= 11 is 4.91. The fourth-order valence-corrected chi connectivity index (χ4v) is 2.79. The first-order valence-corrected chi connectivity index (χ1v) is 10.5. The highest BCUT2D eigenvalue weighted by molar-refractivity contribution is 9.10. The first kappa shape index (κ1) is 21.0. The first-order valence-electron chi connectivity index (χ1n) is 8.50. The standard InChI is InChI=1S/C18H28BrN3OS/c1-3-4-5-6-7-8-9-12-23-17-11-10-15(13-16(17)19)14-21-22-18(20)24-2/h10-11,13-14H,3-9,12H2,1-2H3,(H2,20,22)/b21-14-. The summed E-state index contributed by atoms with van der Waals surface area (Å²) in [4.78, 5) is 0. The van der Waals surface area contributed by atoms with Gasteiger partial charge in [0.15, 0.2) is 5.17 Å². The van der Waals surface area contributed by atoms with Gasteiger partial charge >= 0.3 is 0 Å². The Morgan fingerprint density at radius 3 is 2.58 bits per heavy atom. The summed E-state index contributed by atoms with van der Waals surface area (Å²) in [6, 6.07) is 5.88. The van der Waals surface area contributed by atoms with Crippen LogP contribution in [0.5, 0.6) is 5.75 Å². The minimum Gasteiger partial charge on any atom is -0.492 e. The number of thioether (sulfide) groups is 1. The summed E-state index contributed by atoms with van der Waals surface area (Å²) in [5.74, 6) is 0.866. The van der Waals surface area contributed by atoms with Gasteiger partial charge in [0.05, 0.1) is 17.3 Å². The number of hydrogen-bond donors (Lipinski definition) is 1. The molecule has 1 aromatic carbocycles. The Morgan fingerprint density at radius 1 is 1.21 bits per heavy atom. The van der Waals surface area contributed by atoms with Gasteiger partial charge in [-0.25, -0.2) is 0 Å². The van der Waals surface area contributed by atoms with E-state index >= 15 is 0 Å². The molecule has 0 spiro atoms. The molecular formula is C18H28BrN3OS. The van der Waals surface area contributed by atoms with Gasteiger partial charge < -0.3 is 10.5 Å². The normalized spacial score (nSPS) is 12.0. The number of halogens is 1. The summed E-state index contributed by atoms with van der Waals surface area (Å²) in [6.07, 6.45) is 12.5. The summed E-state index contributed by atoms with van der Waals surface area (Å²) < 4.78 is 6.76. The van der Waals surface area contributed by atoms with Crippen molar-refractivity contribution in [3.8, 4) is 5.75 Å². The quantitative estimate of drug-likeness (QED) is 0.222. The third-order valence-corrected chi connectivity index (χ3v) is 4.65. The van der Waals surface area contributed by atoms with Crippen LogP contribution in [0.2, 0.25) is 0 Å². The lowest BCUT2D eigenvalue weighted by atomic mass is 10.1. The van der Waals surface area contributed by atoms with Crippen molar-refractivity contribution >= 4 is 39.1 Å². The van der Waals surface area contributed by atoms with Crippen molar-refractivity contribution in [2.24, 2.45) is 15.9 Å². The summed E-state index contributed by atoms with van der Waals surface area (Å²) in [6.45, 7) is 3.00. The molecule has 0 aliphatic carbocycles. The molecule has 0 unspecified atom stereocenters. The molecule has 0 aliphatic heterocycles. The van der Waals surface area contributed by atoms with Gasteiger partial charge in [-0.3, -0.25) is 0 Å². The van der Waals surface area contributed by atoms with E-state index in [1.165, 1.54) is 50.3 Å². The maximum atomic E-state index is 5.84. The van der Waals surface area contributed by atoms with Crippen molar-refractivity contribution in [2.45, 2.75) is 51.9 Å². The molecule has 24 heavy (non-hydrogen) atoms. The molecule has 0 bridgehead atoms. The Hall–Kier alpha value is -1.01. The number of amidine groups is 1. The molecule has 1 aromatic rings. The molecule has 0 saturated carbocycles. The van der Waals surface area contributed by atoms with E-state index in [-0.39, 0.29) is 0 Å². The van der Waals surface area contributed by atoms with Crippen LogP contribution in [0.15, 0.2) is 32.9 Å². The Morgan fingerprint density at radius 2 is 1.92 bits per heavy atom. The number of hydrogen-bond acceptors (Lipinski definition) is 4. The van der Waals surface area contributed by atoms with Crippen LogP contribution in [0.1, 0.15) is 57.4 Å². The van der Waals surface area contributed by atoms with Crippen LogP contribution in [0, 0.1) is 0 Å². The van der Waals surface area contributed by atoms with Gasteiger partial charge in [0.2, 0.25) is 0 Å². The smallest absolute Gasteiger partial charge is 0.180 e. The number of ether oxygens (including phenoxy) is 1. The Kier molecular flexibility index (Phi) is 11.7. The second-order valence-corrected chi connectivity index (χ2v) is 7.23. The molecule has 0 atom stereocenters. The van der Waals surface area contributed by atoms with Gasteiger partial charge in [-0.15, -0.1) is 5.10 Å². The molecule has 1 rings (SSSR count). The van der Waals surface area contributed by atoms with E-state index in [0.29, 0.717) is 5.17 Å². The van der Waals surface area contributed by atoms with E-state index in [2.05, 4.69) is 33.1 Å². The second-order valence-electron chi connectivity index (χ2n) is 5.55. The first-order chi connectivity index (χ1) is 11.7. The van der Waals surface area contributed by atoms with Gasteiger partial charge in [0.25, 0.3) is 0 Å². The highest BCUT2D eigenvalue weighted by Crippen LogP contribution is 2.25. The summed E-state index contributed by atoms with van der Waals surface area (Å²) in [5, 5.41) is 8.27. The van der Waals surface area contributed by atoms with Gasteiger partial charge in [0, 0.05) is 0 Å². The highest BCUT2D eigenvalue weighted by Gasteiger charge is 2.02. The predicted molar refractivity (Wildman–Crippen MR) is 110 cm³/mol. The largest absolute Gasteiger partial charge is 0.492 e. The Bertz CT molecular complexity index is 535. The number of rotatable bonds is 11. The fourth-order valence-electron chi connectivity index (χ4n) is 2.15. The van der Waals surface area contributed by atoms with E-state index in [0.717, 1.165) is 28.8 Å². The van der Waals surface area contributed by atoms with Crippen molar-refractivity contribution < 1.29 is 4.74 Å². The Labute approximate surface area is 158 Å². The fraction of sp³-hybridized carbons (Fsp3) is 0.556. The van der Waals surface area contributed by atoms with Crippen molar-refractivity contribution in [3.63, 3.8) is 0 Å². The van der Waals surface area contributed by atoms with E-state index in [4.69, 9.17) is 10.5 Å². The van der Waals surface area contributed by atoms with Crippen molar-refractivity contribution in [1.82, 2.24) is 0 Å². The minimum atomic E-state index is 0.444. The minimum absolute atomic E-state index is 0.444. The summed E-state index contributed by atoms with van der Waals surface area (Å²) in [5.41, 5.74) is 6.52. The van der Waals surface area contributed by atoms with Crippen LogP contribution in [0.3, 0.4) is 0 Å². The number of nitrogens with zero attached hydrogens (tertiary/aromatic N) is 2. The van der Waals surface area contributed by atoms with Crippen LogP contribution >= 0.6 is 27.7 Å². The average molecular weight is 414 g/mol. The van der Waals surface area contributed by atoms with E-state index < -0.39 is 0 Å². The zero-order valence-corrected chi connectivity index (χ0v) is 17.0. The molecule has 0 fully saturated rings. The monoisotopic (exact) mass is 413 g/mol. The molecule has 6 heteroatoms. The van der Waals surface area contributed by atoms with Crippen LogP contribution in [0.25, 0.3) is 0 Å². The highest BCUT2D eigenvalue weighted by atomic mass is 79.9. The van der Waals surface area contributed by atoms with Gasteiger partial charge in [0.1, 0.15) is 5.75 Å². The van der Waals surface area contributed by atoms with Crippen LogP contribution in [-0.2, 0) is 0 Å². The van der Waals surface area contributed by atoms with E-state index in [1.54, 1.807) is 6.21 Å². The van der Waals surface area contributed by atoms with Gasteiger partial charge in [-0.2, -0.15) is 5.10 Å². The second kappa shape index (κ2) is 13.3. The lowest BCUT2D eigenvalue weighted by Crippen LogP contribution is -2.03. The molecular weight excluding hydrogens is 386 g/mol. The molecule has 4 nitrogen and oxygen atoms in total. The van der Waals surface area contributed by atoms with Crippen molar-refractivity contribution in [1.29, 1.82) is 0 Å². The maximum Gasteiger partial charge on any atom is 0.180 e. The molecule has 0 radical (unpaired) electrons. The average Bonchev–Trinajstić information content (AvgIpc) is 2.58. The number of unbranched alkanes of at least 4 members (excludes halogenated alkanes) is 6. The maximum absolute atomic E-state index is 5.84. The SMILES string of the molecule is CCCCCCCCCOc1ccc(/C=N\N=C(/N)SC)cc1Br. The third kappa shape index (κ3) is 9.33. The van der Waals surface area contributed by atoms with Gasteiger partial charge in [-0.1, -0.05) is 57.2 Å². The van der Waals surface area contributed by atoms with Crippen LogP contribution in [0.4, 0.5) is 0 Å². The lowest BCUT2D eigenvalue weighted by Gasteiger charge is -2.08. The summed E-state index contributed by atoms with van der Waals surface area (Å²) in [7, 11) is 0. The molecule has 134 valence electrons. The van der Waals surface area contributed by atoms with Crippen LogP contribution in [-0.4, -0.2) is 24.2 Å². The molecule has 0 amide bonds. The predicted octanol–water partition coefficient (Wildman–Crippen LogP) is 5.59. The van der Waals surface area contributed by atoms with Gasteiger partial charge in [-0.05, 0) is 52.4 Å². The third-order valence-electron chi connectivity index (χ3n) is 3.53. The lowest BCUT2D eigenvalue weighted by molar-refractivity contribution is 0.302. The zero-order valence-electron chi connectivity index (χ0n) is 14.6. The number of benzene rings is 1. The molecule has 0 saturated heterocycles. The van der Waals surface area contributed by atoms with E-state index in [9.17, 15) is 0 Å². The topological polar surface area (TPSA) is 60.0 Å². The van der Waals surface area contributed by atoms with Crippen molar-refractivity contribution in [3.05, 3.63) is 28.2 Å². The Balaban J connectivity index is 2.32. The van der Waals surface area contributed by atoms with Crippen LogP contribution < -0.4 is 10.5 Å². The number of nitrogens with two attached hydrogens (primary N) is 1. The molecule has 0 aliphatic rings. The van der Waals surface area contributed by atoms with E-state index in [1.807, 2.05) is 24.5 Å². The molecule has 2 N–H and O–H groups in total. The molecule has 0 aromatic heterocycles. The molecule has 0 heterocycles. The zero-order chi connectivity index (χ0) is 17.6.